The SMILES string of the molecule is CC(=Cc1c[nH]c2ncccc12)CNC(C)C. The van der Waals surface area contributed by atoms with Gasteiger partial charge in [0.15, 0.2) is 0 Å². The molecule has 0 unspecified atom stereocenters. The van der Waals surface area contributed by atoms with Crippen molar-refractivity contribution in [3.05, 3.63) is 35.7 Å². The minimum absolute atomic E-state index is 0.517. The molecule has 2 rings (SSSR count). The van der Waals surface area contributed by atoms with E-state index in [2.05, 4.69) is 48.2 Å². The molecule has 3 nitrogen and oxygen atoms in total. The Morgan fingerprint density at radius 1 is 1.53 bits per heavy atom. The highest BCUT2D eigenvalue weighted by Crippen LogP contribution is 2.18. The Bertz CT molecular complexity index is 523. The molecule has 0 radical (unpaired) electrons. The van der Waals surface area contributed by atoms with E-state index in [1.807, 2.05) is 12.3 Å². The van der Waals surface area contributed by atoms with Gasteiger partial charge in [-0.05, 0) is 19.1 Å². The topological polar surface area (TPSA) is 40.7 Å². The van der Waals surface area contributed by atoms with Crippen LogP contribution in [0.5, 0.6) is 0 Å². The molecule has 0 fully saturated rings. The molecule has 2 N–H and O–H groups in total. The molecule has 0 saturated heterocycles. The number of nitrogens with zero attached hydrogens (tertiary/aromatic N) is 1. The van der Waals surface area contributed by atoms with E-state index in [0.717, 1.165) is 12.2 Å². The number of aromatic amines is 1. The smallest absolute Gasteiger partial charge is 0.137 e. The lowest BCUT2D eigenvalue weighted by atomic mass is 10.1. The van der Waals surface area contributed by atoms with Crippen LogP contribution in [0.4, 0.5) is 0 Å². The number of H-pyrrole nitrogens is 1. The van der Waals surface area contributed by atoms with Crippen LogP contribution in [-0.2, 0) is 0 Å². The Balaban J connectivity index is 2.20. The monoisotopic (exact) mass is 229 g/mol. The largest absolute Gasteiger partial charge is 0.346 e. The summed E-state index contributed by atoms with van der Waals surface area (Å²) in [6.07, 6.45) is 6.02. The summed E-state index contributed by atoms with van der Waals surface area (Å²) in [4.78, 5) is 7.47. The van der Waals surface area contributed by atoms with Crippen molar-refractivity contribution in [1.29, 1.82) is 0 Å². The molecular formula is C14H19N3. The minimum atomic E-state index is 0.517. The summed E-state index contributed by atoms with van der Waals surface area (Å²) in [6, 6.07) is 4.58. The van der Waals surface area contributed by atoms with Crippen molar-refractivity contribution in [3.63, 3.8) is 0 Å². The van der Waals surface area contributed by atoms with Crippen molar-refractivity contribution < 1.29 is 0 Å². The van der Waals surface area contributed by atoms with Crippen molar-refractivity contribution in [1.82, 2.24) is 15.3 Å². The number of aromatic nitrogens is 2. The first-order valence-electron chi connectivity index (χ1n) is 5.99. The van der Waals surface area contributed by atoms with Crippen LogP contribution in [-0.4, -0.2) is 22.6 Å². The molecule has 0 aliphatic rings. The highest BCUT2D eigenvalue weighted by molar-refractivity contribution is 5.86. The standard InChI is InChI=1S/C14H19N3/c1-10(2)16-8-11(3)7-12-9-17-14-13(12)5-4-6-15-14/h4-7,9-10,16H,8H2,1-3H3,(H,15,17). The van der Waals surface area contributed by atoms with Crippen LogP contribution in [0, 0.1) is 0 Å². The van der Waals surface area contributed by atoms with E-state index in [4.69, 9.17) is 0 Å². The van der Waals surface area contributed by atoms with E-state index in [1.54, 1.807) is 6.20 Å². The third-order valence-corrected chi connectivity index (χ3v) is 2.67. The van der Waals surface area contributed by atoms with Gasteiger partial charge in [-0.1, -0.05) is 25.5 Å². The molecule has 0 aromatic carbocycles. The molecule has 0 aliphatic carbocycles. The Morgan fingerprint density at radius 3 is 3.12 bits per heavy atom. The lowest BCUT2D eigenvalue weighted by Gasteiger charge is -2.07. The van der Waals surface area contributed by atoms with Gasteiger partial charge in [-0.3, -0.25) is 0 Å². The number of nitrogens with one attached hydrogen (secondary N) is 2. The van der Waals surface area contributed by atoms with E-state index in [1.165, 1.54) is 16.5 Å². The fourth-order valence-electron chi connectivity index (χ4n) is 1.78. The van der Waals surface area contributed by atoms with Gasteiger partial charge in [0.2, 0.25) is 0 Å². The maximum atomic E-state index is 4.28. The summed E-state index contributed by atoms with van der Waals surface area (Å²) in [5, 5.41) is 4.59. The first kappa shape index (κ1) is 11.9. The lowest BCUT2D eigenvalue weighted by Crippen LogP contribution is -2.24. The summed E-state index contributed by atoms with van der Waals surface area (Å²) in [7, 11) is 0. The lowest BCUT2D eigenvalue weighted by molar-refractivity contribution is 0.623. The van der Waals surface area contributed by atoms with Gasteiger partial charge >= 0.3 is 0 Å². The summed E-state index contributed by atoms with van der Waals surface area (Å²) in [6.45, 7) is 7.38. The Kier molecular flexibility index (Phi) is 3.59. The Labute approximate surface area is 102 Å². The molecule has 17 heavy (non-hydrogen) atoms. The predicted molar refractivity (Wildman–Crippen MR) is 72.9 cm³/mol. The van der Waals surface area contributed by atoms with Gasteiger partial charge in [-0.2, -0.15) is 0 Å². The van der Waals surface area contributed by atoms with Crippen molar-refractivity contribution in [3.8, 4) is 0 Å². The second-order valence-electron chi connectivity index (χ2n) is 4.67. The molecule has 0 saturated carbocycles. The fraction of sp³-hybridized carbons (Fsp3) is 0.357. The van der Waals surface area contributed by atoms with E-state index >= 15 is 0 Å². The number of pyridine rings is 1. The number of hydrogen-bond donors (Lipinski definition) is 2. The third kappa shape index (κ3) is 2.94. The van der Waals surface area contributed by atoms with Gasteiger partial charge in [-0.25, -0.2) is 4.98 Å². The fourth-order valence-corrected chi connectivity index (χ4v) is 1.78. The van der Waals surface area contributed by atoms with Gasteiger partial charge < -0.3 is 10.3 Å². The van der Waals surface area contributed by atoms with Crippen molar-refractivity contribution in [2.45, 2.75) is 26.8 Å². The zero-order valence-electron chi connectivity index (χ0n) is 10.6. The van der Waals surface area contributed by atoms with Crippen LogP contribution in [0.1, 0.15) is 26.3 Å². The van der Waals surface area contributed by atoms with E-state index in [9.17, 15) is 0 Å². The summed E-state index contributed by atoms with van der Waals surface area (Å²) < 4.78 is 0. The Morgan fingerprint density at radius 2 is 2.35 bits per heavy atom. The molecule has 3 heteroatoms. The molecule has 0 bridgehead atoms. The summed E-state index contributed by atoms with van der Waals surface area (Å²) in [5.41, 5.74) is 3.47. The second-order valence-corrected chi connectivity index (χ2v) is 4.67. The third-order valence-electron chi connectivity index (χ3n) is 2.67. The molecule has 90 valence electrons. The van der Waals surface area contributed by atoms with Crippen LogP contribution < -0.4 is 5.32 Å². The summed E-state index contributed by atoms with van der Waals surface area (Å²) in [5.74, 6) is 0. The van der Waals surface area contributed by atoms with E-state index in [0.29, 0.717) is 6.04 Å². The highest BCUT2D eigenvalue weighted by atomic mass is 14.9. The van der Waals surface area contributed by atoms with Gasteiger partial charge in [-0.15, -0.1) is 0 Å². The normalized spacial score (nSPS) is 12.6. The second kappa shape index (κ2) is 5.15. The molecule has 0 spiro atoms. The summed E-state index contributed by atoms with van der Waals surface area (Å²) >= 11 is 0. The zero-order valence-corrected chi connectivity index (χ0v) is 10.6. The number of hydrogen-bond acceptors (Lipinski definition) is 2. The molecule has 0 aliphatic heterocycles. The van der Waals surface area contributed by atoms with Crippen LogP contribution in [0.3, 0.4) is 0 Å². The molecule has 0 amide bonds. The van der Waals surface area contributed by atoms with Gasteiger partial charge in [0.05, 0.1) is 0 Å². The van der Waals surface area contributed by atoms with Crippen LogP contribution >= 0.6 is 0 Å². The quantitative estimate of drug-likeness (QED) is 0.846. The highest BCUT2D eigenvalue weighted by Gasteiger charge is 2.01. The molecular weight excluding hydrogens is 210 g/mol. The number of rotatable bonds is 4. The van der Waals surface area contributed by atoms with Crippen LogP contribution in [0.15, 0.2) is 30.1 Å². The van der Waals surface area contributed by atoms with Crippen LogP contribution in [0.25, 0.3) is 17.1 Å². The van der Waals surface area contributed by atoms with Crippen molar-refractivity contribution in [2.75, 3.05) is 6.54 Å². The van der Waals surface area contributed by atoms with Crippen LogP contribution in [0.2, 0.25) is 0 Å². The Hall–Kier alpha value is -1.61. The maximum Gasteiger partial charge on any atom is 0.137 e. The van der Waals surface area contributed by atoms with E-state index < -0.39 is 0 Å². The zero-order chi connectivity index (χ0) is 12.3. The maximum absolute atomic E-state index is 4.28. The van der Waals surface area contributed by atoms with E-state index in [-0.39, 0.29) is 0 Å². The molecule has 2 aromatic heterocycles. The predicted octanol–water partition coefficient (Wildman–Crippen LogP) is 2.96. The van der Waals surface area contributed by atoms with Crippen molar-refractivity contribution in [2.24, 2.45) is 0 Å². The number of fused-ring (bicyclic) bond motifs is 1. The molecule has 2 aromatic rings. The van der Waals surface area contributed by atoms with Gasteiger partial charge in [0, 0.05) is 35.9 Å². The first-order chi connectivity index (χ1) is 8.16. The molecule has 2 heterocycles. The van der Waals surface area contributed by atoms with Gasteiger partial charge in [0.25, 0.3) is 0 Å². The van der Waals surface area contributed by atoms with Crippen molar-refractivity contribution >= 4 is 17.1 Å². The first-order valence-corrected chi connectivity index (χ1v) is 5.99. The molecule has 0 atom stereocenters. The van der Waals surface area contributed by atoms with Gasteiger partial charge in [0.1, 0.15) is 5.65 Å². The average molecular weight is 229 g/mol. The average Bonchev–Trinajstić information content (AvgIpc) is 2.70. The minimum Gasteiger partial charge on any atom is -0.346 e.